The predicted octanol–water partition coefficient (Wildman–Crippen LogP) is 1.97. The molecule has 0 aromatic heterocycles. The fraction of sp³-hybridized carbons (Fsp3) is 0.600. The summed E-state index contributed by atoms with van der Waals surface area (Å²) in [5.41, 5.74) is 0.835. The Kier molecular flexibility index (Phi) is 6.45. The van der Waals surface area contributed by atoms with Crippen molar-refractivity contribution in [3.63, 3.8) is 0 Å². The first kappa shape index (κ1) is 11.2. The number of terminal acetylenes is 1. The third-order valence-corrected chi connectivity index (χ3v) is 1.28. The van der Waals surface area contributed by atoms with E-state index in [9.17, 15) is 0 Å². The lowest BCUT2D eigenvalue weighted by molar-refractivity contribution is -0.104. The zero-order chi connectivity index (χ0) is 9.40. The molecular formula is C10H16O2. The van der Waals surface area contributed by atoms with Gasteiger partial charge in [-0.25, -0.2) is 0 Å². The molecule has 12 heavy (non-hydrogen) atoms. The van der Waals surface area contributed by atoms with Crippen molar-refractivity contribution in [3.8, 4) is 12.3 Å². The molecule has 0 saturated heterocycles. The molecule has 0 amide bonds. The van der Waals surface area contributed by atoms with Crippen LogP contribution in [0.1, 0.15) is 20.8 Å². The van der Waals surface area contributed by atoms with E-state index in [0.717, 1.165) is 5.57 Å². The molecule has 2 nitrogen and oxygen atoms in total. The molecule has 0 unspecified atom stereocenters. The minimum Gasteiger partial charge on any atom is -0.349 e. The lowest BCUT2D eigenvalue weighted by Crippen LogP contribution is -2.14. The standard InChI is InChI=1S/C10H16O2/c1-5-9(4)8-10(11-6-2)12-7-3/h1,8,10H,6-7H2,2-4H3. The Hall–Kier alpha value is -0.780. The maximum atomic E-state index is 5.26. The van der Waals surface area contributed by atoms with Crippen molar-refractivity contribution < 1.29 is 9.47 Å². The van der Waals surface area contributed by atoms with Gasteiger partial charge >= 0.3 is 0 Å². The van der Waals surface area contributed by atoms with Gasteiger partial charge in [0.25, 0.3) is 0 Å². The van der Waals surface area contributed by atoms with E-state index in [0.29, 0.717) is 13.2 Å². The Morgan fingerprint density at radius 1 is 1.42 bits per heavy atom. The Bertz CT molecular complexity index is 171. The van der Waals surface area contributed by atoms with E-state index in [1.165, 1.54) is 0 Å². The highest BCUT2D eigenvalue weighted by atomic mass is 16.7. The van der Waals surface area contributed by atoms with Gasteiger partial charge in [0, 0.05) is 13.2 Å². The monoisotopic (exact) mass is 168 g/mol. The third kappa shape index (κ3) is 4.95. The molecule has 0 N–H and O–H groups in total. The van der Waals surface area contributed by atoms with E-state index in [2.05, 4.69) is 5.92 Å². The van der Waals surface area contributed by atoms with E-state index in [1.54, 1.807) is 6.08 Å². The molecule has 0 saturated carbocycles. The van der Waals surface area contributed by atoms with Crippen LogP contribution in [0, 0.1) is 12.3 Å². The molecule has 68 valence electrons. The first-order chi connectivity index (χ1) is 5.74. The van der Waals surface area contributed by atoms with Crippen molar-refractivity contribution in [3.05, 3.63) is 11.6 Å². The second kappa shape index (κ2) is 6.90. The highest BCUT2D eigenvalue weighted by Crippen LogP contribution is 2.01. The van der Waals surface area contributed by atoms with Gasteiger partial charge in [0.2, 0.25) is 0 Å². The van der Waals surface area contributed by atoms with Crippen molar-refractivity contribution in [1.29, 1.82) is 0 Å². The van der Waals surface area contributed by atoms with Gasteiger partial charge < -0.3 is 9.47 Å². The minimum atomic E-state index is -0.295. The van der Waals surface area contributed by atoms with E-state index in [1.807, 2.05) is 20.8 Å². The maximum absolute atomic E-state index is 5.26. The Morgan fingerprint density at radius 3 is 2.25 bits per heavy atom. The van der Waals surface area contributed by atoms with Gasteiger partial charge in [-0.2, -0.15) is 0 Å². The molecule has 0 radical (unpaired) electrons. The molecule has 0 aliphatic heterocycles. The van der Waals surface area contributed by atoms with Crippen molar-refractivity contribution >= 4 is 0 Å². The molecule has 2 heteroatoms. The summed E-state index contributed by atoms with van der Waals surface area (Å²) in [6.07, 6.45) is 6.69. The van der Waals surface area contributed by atoms with Crippen LogP contribution in [0.3, 0.4) is 0 Å². The number of allylic oxidation sites excluding steroid dienone is 1. The topological polar surface area (TPSA) is 18.5 Å². The zero-order valence-corrected chi connectivity index (χ0v) is 7.96. The fourth-order valence-electron chi connectivity index (χ4n) is 0.725. The normalized spacial score (nSPS) is 11.8. The molecule has 0 aromatic rings. The van der Waals surface area contributed by atoms with Crippen LogP contribution >= 0.6 is 0 Å². The average Bonchev–Trinajstić information content (AvgIpc) is 2.05. The van der Waals surface area contributed by atoms with E-state index >= 15 is 0 Å². The quantitative estimate of drug-likeness (QED) is 0.461. The van der Waals surface area contributed by atoms with Crippen LogP contribution in [-0.4, -0.2) is 19.5 Å². The van der Waals surface area contributed by atoms with E-state index in [4.69, 9.17) is 15.9 Å². The number of hydrogen-bond donors (Lipinski definition) is 0. The average molecular weight is 168 g/mol. The SMILES string of the molecule is C#CC(C)=CC(OCC)OCC. The first-order valence-electron chi connectivity index (χ1n) is 4.12. The summed E-state index contributed by atoms with van der Waals surface area (Å²) in [7, 11) is 0. The van der Waals surface area contributed by atoms with Gasteiger partial charge in [-0.3, -0.25) is 0 Å². The summed E-state index contributed by atoms with van der Waals surface area (Å²) in [5, 5.41) is 0. The van der Waals surface area contributed by atoms with Crippen molar-refractivity contribution in [2.45, 2.75) is 27.1 Å². The van der Waals surface area contributed by atoms with Crippen LogP contribution in [0.5, 0.6) is 0 Å². The zero-order valence-electron chi connectivity index (χ0n) is 7.96. The second-order valence-electron chi connectivity index (χ2n) is 2.27. The maximum Gasteiger partial charge on any atom is 0.177 e. The van der Waals surface area contributed by atoms with Crippen molar-refractivity contribution in [2.75, 3.05) is 13.2 Å². The van der Waals surface area contributed by atoms with Crippen molar-refractivity contribution in [1.82, 2.24) is 0 Å². The molecule has 0 heterocycles. The Morgan fingerprint density at radius 2 is 1.92 bits per heavy atom. The van der Waals surface area contributed by atoms with Gasteiger partial charge in [0.1, 0.15) is 0 Å². The van der Waals surface area contributed by atoms with Crippen LogP contribution in [0.4, 0.5) is 0 Å². The summed E-state index contributed by atoms with van der Waals surface area (Å²) in [6, 6.07) is 0. The molecule has 0 aliphatic rings. The molecular weight excluding hydrogens is 152 g/mol. The van der Waals surface area contributed by atoms with E-state index in [-0.39, 0.29) is 6.29 Å². The summed E-state index contributed by atoms with van der Waals surface area (Å²) < 4.78 is 10.5. The van der Waals surface area contributed by atoms with Crippen LogP contribution in [0.25, 0.3) is 0 Å². The molecule has 0 aliphatic carbocycles. The van der Waals surface area contributed by atoms with Crippen molar-refractivity contribution in [2.24, 2.45) is 0 Å². The van der Waals surface area contributed by atoms with Gasteiger partial charge in [-0.15, -0.1) is 6.42 Å². The number of rotatable bonds is 5. The predicted molar refractivity (Wildman–Crippen MR) is 49.6 cm³/mol. The molecule has 0 rings (SSSR count). The van der Waals surface area contributed by atoms with Gasteiger partial charge in [-0.1, -0.05) is 5.92 Å². The Balaban J connectivity index is 4.03. The molecule has 0 aromatic carbocycles. The van der Waals surface area contributed by atoms with Gasteiger partial charge in [-0.05, 0) is 32.4 Å². The molecule has 0 atom stereocenters. The number of hydrogen-bond acceptors (Lipinski definition) is 2. The summed E-state index contributed by atoms with van der Waals surface area (Å²) >= 11 is 0. The van der Waals surface area contributed by atoms with Gasteiger partial charge in [0.05, 0.1) is 0 Å². The minimum absolute atomic E-state index is 0.295. The third-order valence-electron chi connectivity index (χ3n) is 1.28. The summed E-state index contributed by atoms with van der Waals surface area (Å²) in [5.74, 6) is 2.51. The lowest BCUT2D eigenvalue weighted by Gasteiger charge is -2.12. The molecule has 0 spiro atoms. The fourth-order valence-corrected chi connectivity index (χ4v) is 0.725. The van der Waals surface area contributed by atoms with Crippen LogP contribution in [0.15, 0.2) is 11.6 Å². The highest BCUT2D eigenvalue weighted by molar-refractivity contribution is 5.22. The van der Waals surface area contributed by atoms with Crippen LogP contribution in [-0.2, 0) is 9.47 Å². The lowest BCUT2D eigenvalue weighted by atomic mass is 10.3. The van der Waals surface area contributed by atoms with Gasteiger partial charge in [0.15, 0.2) is 6.29 Å². The highest BCUT2D eigenvalue weighted by Gasteiger charge is 2.02. The van der Waals surface area contributed by atoms with Crippen LogP contribution in [0.2, 0.25) is 0 Å². The number of ether oxygens (including phenoxy) is 2. The first-order valence-corrected chi connectivity index (χ1v) is 4.12. The molecule has 0 fully saturated rings. The summed E-state index contributed by atoms with van der Waals surface area (Å²) in [6.45, 7) is 6.94. The van der Waals surface area contributed by atoms with Crippen LogP contribution < -0.4 is 0 Å². The molecule has 0 bridgehead atoms. The summed E-state index contributed by atoms with van der Waals surface area (Å²) in [4.78, 5) is 0. The largest absolute Gasteiger partial charge is 0.349 e. The Labute approximate surface area is 74.6 Å². The smallest absolute Gasteiger partial charge is 0.177 e. The second-order valence-corrected chi connectivity index (χ2v) is 2.27. The van der Waals surface area contributed by atoms with E-state index < -0.39 is 0 Å².